The summed E-state index contributed by atoms with van der Waals surface area (Å²) in [6.07, 6.45) is 5.27. The van der Waals surface area contributed by atoms with E-state index in [0.717, 1.165) is 31.4 Å². The number of hydrogen-bond acceptors (Lipinski definition) is 5. The lowest BCUT2D eigenvalue weighted by Gasteiger charge is -2.15. The maximum absolute atomic E-state index is 5.64. The third kappa shape index (κ3) is 4.14. The molecule has 0 amide bonds. The van der Waals surface area contributed by atoms with Gasteiger partial charge in [0.2, 0.25) is 5.88 Å². The number of nitrogens with zero attached hydrogens (tertiary/aromatic N) is 3. The Balaban J connectivity index is 1.73. The molecule has 1 aromatic rings. The van der Waals surface area contributed by atoms with Gasteiger partial charge in [0.1, 0.15) is 18.8 Å². The van der Waals surface area contributed by atoms with Gasteiger partial charge in [0.05, 0.1) is 0 Å². The molecule has 18 heavy (non-hydrogen) atoms. The molecule has 1 N–H and O–H groups in total. The molecule has 2 rings (SSSR count). The maximum Gasteiger partial charge on any atom is 0.218 e. The van der Waals surface area contributed by atoms with E-state index in [1.807, 2.05) is 6.07 Å². The first-order valence-corrected chi connectivity index (χ1v) is 6.68. The molecule has 0 aliphatic heterocycles. The van der Waals surface area contributed by atoms with Crippen LogP contribution in [0, 0.1) is 0 Å². The molecule has 0 radical (unpaired) electrons. The van der Waals surface area contributed by atoms with Gasteiger partial charge in [-0.2, -0.15) is 0 Å². The van der Waals surface area contributed by atoms with Gasteiger partial charge in [-0.1, -0.05) is 6.92 Å². The van der Waals surface area contributed by atoms with E-state index in [0.29, 0.717) is 12.5 Å². The highest BCUT2D eigenvalue weighted by molar-refractivity contribution is 5.36. The van der Waals surface area contributed by atoms with Crippen molar-refractivity contribution in [1.82, 2.24) is 14.9 Å². The average Bonchev–Trinajstić information content (AvgIpc) is 3.21. The highest BCUT2D eigenvalue weighted by atomic mass is 16.5. The molecular formula is C13H22N4O. The molecule has 1 aromatic heterocycles. The predicted molar refractivity (Wildman–Crippen MR) is 72.0 cm³/mol. The molecule has 0 aromatic carbocycles. The van der Waals surface area contributed by atoms with Crippen molar-refractivity contribution in [2.75, 3.05) is 32.1 Å². The van der Waals surface area contributed by atoms with Crippen LogP contribution in [0.3, 0.4) is 0 Å². The van der Waals surface area contributed by atoms with Crippen molar-refractivity contribution in [3.63, 3.8) is 0 Å². The van der Waals surface area contributed by atoms with Crippen molar-refractivity contribution in [2.45, 2.75) is 32.2 Å². The second kappa shape index (κ2) is 6.54. The molecule has 1 aliphatic carbocycles. The van der Waals surface area contributed by atoms with Crippen molar-refractivity contribution in [3.05, 3.63) is 12.4 Å². The smallest absolute Gasteiger partial charge is 0.218 e. The summed E-state index contributed by atoms with van der Waals surface area (Å²) in [5.74, 6) is 1.48. The fourth-order valence-corrected chi connectivity index (χ4v) is 1.76. The first-order valence-electron chi connectivity index (χ1n) is 6.68. The topological polar surface area (TPSA) is 50.3 Å². The zero-order chi connectivity index (χ0) is 12.8. The van der Waals surface area contributed by atoms with Crippen LogP contribution >= 0.6 is 0 Å². The van der Waals surface area contributed by atoms with Crippen LogP contribution in [0.2, 0.25) is 0 Å². The molecule has 0 spiro atoms. The molecule has 0 unspecified atom stereocenters. The Bertz CT molecular complexity index is 368. The van der Waals surface area contributed by atoms with Gasteiger partial charge in [-0.25, -0.2) is 9.97 Å². The van der Waals surface area contributed by atoms with Crippen molar-refractivity contribution in [2.24, 2.45) is 0 Å². The van der Waals surface area contributed by atoms with Gasteiger partial charge < -0.3 is 15.0 Å². The molecule has 1 heterocycles. The lowest BCUT2D eigenvalue weighted by Crippen LogP contribution is -2.26. The SMILES string of the molecule is CCCNc1cc(OCCN(C)C2CC2)ncn1. The first-order chi connectivity index (χ1) is 8.79. The Morgan fingerprint density at radius 1 is 1.44 bits per heavy atom. The molecule has 1 fully saturated rings. The largest absolute Gasteiger partial charge is 0.476 e. The molecule has 5 nitrogen and oxygen atoms in total. The fourth-order valence-electron chi connectivity index (χ4n) is 1.76. The number of hydrogen-bond donors (Lipinski definition) is 1. The summed E-state index contributed by atoms with van der Waals surface area (Å²) in [7, 11) is 2.15. The summed E-state index contributed by atoms with van der Waals surface area (Å²) in [4.78, 5) is 10.6. The minimum atomic E-state index is 0.646. The zero-order valence-electron chi connectivity index (χ0n) is 11.2. The van der Waals surface area contributed by atoms with Crippen molar-refractivity contribution in [3.8, 4) is 5.88 Å². The molecular weight excluding hydrogens is 228 g/mol. The van der Waals surface area contributed by atoms with Gasteiger partial charge in [-0.05, 0) is 26.3 Å². The van der Waals surface area contributed by atoms with Gasteiger partial charge in [0.15, 0.2) is 0 Å². The highest BCUT2D eigenvalue weighted by Gasteiger charge is 2.25. The van der Waals surface area contributed by atoms with Crippen LogP contribution in [0.25, 0.3) is 0 Å². The Kier molecular flexibility index (Phi) is 4.75. The third-order valence-electron chi connectivity index (χ3n) is 3.06. The second-order valence-corrected chi connectivity index (χ2v) is 4.73. The molecule has 5 heteroatoms. The van der Waals surface area contributed by atoms with E-state index in [1.54, 1.807) is 0 Å². The van der Waals surface area contributed by atoms with Crippen LogP contribution in [0.5, 0.6) is 5.88 Å². The van der Waals surface area contributed by atoms with Crippen LogP contribution in [-0.4, -0.2) is 47.7 Å². The maximum atomic E-state index is 5.64. The monoisotopic (exact) mass is 250 g/mol. The van der Waals surface area contributed by atoms with E-state index < -0.39 is 0 Å². The van der Waals surface area contributed by atoms with Crippen molar-refractivity contribution in [1.29, 1.82) is 0 Å². The van der Waals surface area contributed by atoms with E-state index in [1.165, 1.54) is 19.2 Å². The quantitative estimate of drug-likeness (QED) is 0.762. The Morgan fingerprint density at radius 3 is 3.00 bits per heavy atom. The predicted octanol–water partition coefficient (Wildman–Crippen LogP) is 1.77. The number of ether oxygens (including phenoxy) is 1. The molecule has 1 aliphatic rings. The highest BCUT2D eigenvalue weighted by Crippen LogP contribution is 2.24. The molecule has 0 atom stereocenters. The average molecular weight is 250 g/mol. The normalized spacial score (nSPS) is 14.8. The minimum Gasteiger partial charge on any atom is -0.476 e. The standard InChI is InChI=1S/C13H22N4O/c1-3-6-14-12-9-13(16-10-15-12)18-8-7-17(2)11-4-5-11/h9-11H,3-8H2,1-2H3,(H,14,15,16). The Hall–Kier alpha value is -1.36. The van der Waals surface area contributed by atoms with Crippen molar-refractivity contribution >= 4 is 5.82 Å². The lowest BCUT2D eigenvalue weighted by atomic mass is 10.4. The summed E-state index contributed by atoms with van der Waals surface area (Å²) in [5, 5.41) is 3.22. The minimum absolute atomic E-state index is 0.646. The second-order valence-electron chi connectivity index (χ2n) is 4.73. The third-order valence-corrected chi connectivity index (χ3v) is 3.06. The fraction of sp³-hybridized carbons (Fsp3) is 0.692. The van der Waals surface area contributed by atoms with Gasteiger partial charge in [-0.3, -0.25) is 0 Å². The molecule has 0 bridgehead atoms. The van der Waals surface area contributed by atoms with Gasteiger partial charge in [-0.15, -0.1) is 0 Å². The van der Waals surface area contributed by atoms with E-state index >= 15 is 0 Å². The summed E-state index contributed by atoms with van der Waals surface area (Å²) in [6.45, 7) is 4.67. The molecule has 0 saturated heterocycles. The summed E-state index contributed by atoms with van der Waals surface area (Å²) >= 11 is 0. The summed E-state index contributed by atoms with van der Waals surface area (Å²) in [5.41, 5.74) is 0. The Labute approximate surface area is 109 Å². The summed E-state index contributed by atoms with van der Waals surface area (Å²) in [6, 6.07) is 2.63. The van der Waals surface area contributed by atoms with Crippen LogP contribution in [0.15, 0.2) is 12.4 Å². The Morgan fingerprint density at radius 2 is 2.28 bits per heavy atom. The number of likely N-dealkylation sites (N-methyl/N-ethyl adjacent to an activating group) is 1. The number of anilines is 1. The summed E-state index contributed by atoms with van der Waals surface area (Å²) < 4.78 is 5.64. The van der Waals surface area contributed by atoms with Crippen LogP contribution in [0.1, 0.15) is 26.2 Å². The van der Waals surface area contributed by atoms with Crippen molar-refractivity contribution < 1.29 is 4.74 Å². The van der Waals surface area contributed by atoms with E-state index in [-0.39, 0.29) is 0 Å². The van der Waals surface area contributed by atoms with E-state index in [9.17, 15) is 0 Å². The number of nitrogens with one attached hydrogen (secondary N) is 1. The lowest BCUT2D eigenvalue weighted by molar-refractivity contribution is 0.226. The van der Waals surface area contributed by atoms with Gasteiger partial charge >= 0.3 is 0 Å². The van der Waals surface area contributed by atoms with Crippen LogP contribution in [-0.2, 0) is 0 Å². The first kappa shape index (κ1) is 13.1. The number of rotatable bonds is 8. The van der Waals surface area contributed by atoms with E-state index in [2.05, 4.69) is 34.2 Å². The molecule has 1 saturated carbocycles. The van der Waals surface area contributed by atoms with Gasteiger partial charge in [0.25, 0.3) is 0 Å². The van der Waals surface area contributed by atoms with E-state index in [4.69, 9.17) is 4.74 Å². The van der Waals surface area contributed by atoms with Gasteiger partial charge in [0, 0.05) is 25.2 Å². The van der Waals surface area contributed by atoms with Crippen LogP contribution in [0.4, 0.5) is 5.82 Å². The van der Waals surface area contributed by atoms with Crippen LogP contribution < -0.4 is 10.1 Å². The molecule has 100 valence electrons. The number of aromatic nitrogens is 2. The zero-order valence-corrected chi connectivity index (χ0v) is 11.2.